The first kappa shape index (κ1) is 19.4. The number of nitrogens with one attached hydrogen (secondary N) is 1. The second-order valence-electron chi connectivity index (χ2n) is 7.00. The van der Waals surface area contributed by atoms with Gasteiger partial charge in [0.15, 0.2) is 11.5 Å². The van der Waals surface area contributed by atoms with Gasteiger partial charge in [0.1, 0.15) is 12.4 Å². The molecule has 1 N–H and O–H groups in total. The van der Waals surface area contributed by atoms with E-state index in [2.05, 4.69) is 41.6 Å². The van der Waals surface area contributed by atoms with Crippen molar-refractivity contribution in [2.24, 2.45) is 7.05 Å². The van der Waals surface area contributed by atoms with Crippen molar-refractivity contribution >= 4 is 23.5 Å². The number of hydrogen-bond donors (Lipinski definition) is 1. The third-order valence-corrected chi connectivity index (χ3v) is 6.18. The Kier molecular flexibility index (Phi) is 5.49. The highest BCUT2D eigenvalue weighted by Crippen LogP contribution is 2.43. The minimum absolute atomic E-state index is 0.0216. The van der Waals surface area contributed by atoms with Crippen LogP contribution in [0.3, 0.4) is 0 Å². The van der Waals surface area contributed by atoms with Gasteiger partial charge in [0.25, 0.3) is 0 Å². The van der Waals surface area contributed by atoms with Crippen LogP contribution in [-0.2, 0) is 18.4 Å². The van der Waals surface area contributed by atoms with Gasteiger partial charge in [0.05, 0.1) is 24.3 Å². The number of aromatic nitrogens is 2. The molecule has 1 atom stereocenters. The summed E-state index contributed by atoms with van der Waals surface area (Å²) in [6.07, 6.45) is 1.82. The number of benzene rings is 2. The van der Waals surface area contributed by atoms with Gasteiger partial charge in [-0.3, -0.25) is 9.48 Å². The van der Waals surface area contributed by atoms with Crippen LogP contribution in [0, 0.1) is 6.92 Å². The van der Waals surface area contributed by atoms with Gasteiger partial charge in [-0.05, 0) is 30.2 Å². The average molecular weight is 410 g/mol. The fraction of sp³-hybridized carbons (Fsp3) is 0.273. The number of methoxy groups -OCH3 is 1. The Hall–Kier alpha value is -2.93. The highest BCUT2D eigenvalue weighted by Gasteiger charge is 2.27. The summed E-state index contributed by atoms with van der Waals surface area (Å²) in [5, 5.41) is 7.24. The smallest absolute Gasteiger partial charge is 0.235 e. The molecule has 1 aliphatic rings. The molecule has 1 aromatic heterocycles. The minimum Gasteiger partial charge on any atom is -0.493 e. The molecule has 2 aromatic carbocycles. The minimum atomic E-state index is -0.0229. The summed E-state index contributed by atoms with van der Waals surface area (Å²) >= 11 is 1.58. The Morgan fingerprint density at radius 3 is 2.76 bits per heavy atom. The number of anilines is 1. The monoisotopic (exact) mass is 409 g/mol. The number of ether oxygens (including phenoxy) is 2. The van der Waals surface area contributed by atoms with Crippen LogP contribution in [0.1, 0.15) is 27.5 Å². The van der Waals surface area contributed by atoms with Crippen LogP contribution in [-0.4, -0.2) is 28.6 Å². The van der Waals surface area contributed by atoms with Gasteiger partial charge < -0.3 is 14.8 Å². The zero-order valence-corrected chi connectivity index (χ0v) is 17.5. The Morgan fingerprint density at radius 2 is 2.00 bits per heavy atom. The van der Waals surface area contributed by atoms with Crippen LogP contribution in [0.2, 0.25) is 0 Å². The second-order valence-corrected chi connectivity index (χ2v) is 8.09. The molecule has 0 saturated carbocycles. The molecule has 150 valence electrons. The number of rotatable bonds is 5. The summed E-state index contributed by atoms with van der Waals surface area (Å²) in [6, 6.07) is 14.2. The number of hydrogen-bond acceptors (Lipinski definition) is 5. The molecule has 0 saturated heterocycles. The van der Waals surface area contributed by atoms with Crippen molar-refractivity contribution in [2.75, 3.05) is 18.2 Å². The lowest BCUT2D eigenvalue weighted by Gasteiger charge is -2.17. The van der Waals surface area contributed by atoms with Gasteiger partial charge in [-0.25, -0.2) is 0 Å². The molecule has 0 aliphatic carbocycles. The molecule has 3 aromatic rings. The van der Waals surface area contributed by atoms with Gasteiger partial charge in [-0.15, -0.1) is 11.8 Å². The third kappa shape index (κ3) is 4.10. The lowest BCUT2D eigenvalue weighted by Crippen LogP contribution is -2.15. The summed E-state index contributed by atoms with van der Waals surface area (Å²) in [5.41, 5.74) is 4.34. The maximum Gasteiger partial charge on any atom is 0.235 e. The van der Waals surface area contributed by atoms with Crippen molar-refractivity contribution in [3.63, 3.8) is 0 Å². The van der Waals surface area contributed by atoms with Crippen LogP contribution >= 0.6 is 11.8 Å². The van der Waals surface area contributed by atoms with E-state index < -0.39 is 0 Å². The molecule has 0 radical (unpaired) electrons. The molecule has 0 spiro atoms. The topological polar surface area (TPSA) is 65.4 Å². The highest BCUT2D eigenvalue weighted by atomic mass is 32.2. The van der Waals surface area contributed by atoms with Crippen molar-refractivity contribution in [2.45, 2.75) is 18.8 Å². The number of carbonyl (C=O) groups excluding carboxylic acids is 1. The summed E-state index contributed by atoms with van der Waals surface area (Å²) < 4.78 is 13.3. The molecule has 4 rings (SSSR count). The summed E-state index contributed by atoms with van der Waals surface area (Å²) in [4.78, 5) is 12.1. The molecule has 0 bridgehead atoms. The predicted molar refractivity (Wildman–Crippen MR) is 115 cm³/mol. The Labute approximate surface area is 174 Å². The normalized spacial score (nSPS) is 16.0. The molecular weight excluding hydrogens is 386 g/mol. The molecule has 6 nitrogen and oxygen atoms in total. The molecule has 7 heteroatoms. The van der Waals surface area contributed by atoms with E-state index in [1.807, 2.05) is 31.4 Å². The van der Waals surface area contributed by atoms with E-state index in [9.17, 15) is 4.79 Å². The van der Waals surface area contributed by atoms with Crippen LogP contribution in [0.25, 0.3) is 0 Å². The molecule has 0 fully saturated rings. The van der Waals surface area contributed by atoms with Crippen LogP contribution in [0.5, 0.6) is 11.5 Å². The van der Waals surface area contributed by atoms with E-state index in [0.29, 0.717) is 23.9 Å². The molecule has 1 amide bonds. The summed E-state index contributed by atoms with van der Waals surface area (Å²) in [7, 11) is 3.46. The van der Waals surface area contributed by atoms with Crippen molar-refractivity contribution in [3.8, 4) is 11.5 Å². The first-order chi connectivity index (χ1) is 14.0. The first-order valence-electron chi connectivity index (χ1n) is 9.35. The fourth-order valence-corrected chi connectivity index (χ4v) is 4.39. The Morgan fingerprint density at radius 1 is 1.21 bits per heavy atom. The average Bonchev–Trinajstić information content (AvgIpc) is 2.98. The van der Waals surface area contributed by atoms with Crippen LogP contribution in [0.15, 0.2) is 48.7 Å². The van der Waals surface area contributed by atoms with E-state index in [1.165, 1.54) is 5.56 Å². The largest absolute Gasteiger partial charge is 0.493 e. The molecule has 2 heterocycles. The number of carbonyl (C=O) groups is 1. The highest BCUT2D eigenvalue weighted by molar-refractivity contribution is 8.00. The quantitative estimate of drug-likeness (QED) is 0.688. The maximum absolute atomic E-state index is 12.1. The second kappa shape index (κ2) is 8.21. The molecule has 1 aliphatic heterocycles. The van der Waals surface area contributed by atoms with Crippen molar-refractivity contribution < 1.29 is 14.3 Å². The maximum atomic E-state index is 12.1. The number of thioether (sulfide) groups is 1. The van der Waals surface area contributed by atoms with E-state index in [0.717, 1.165) is 22.5 Å². The van der Waals surface area contributed by atoms with E-state index in [-0.39, 0.29) is 11.2 Å². The van der Waals surface area contributed by atoms with E-state index in [1.54, 1.807) is 23.6 Å². The number of amides is 1. The zero-order chi connectivity index (χ0) is 20.4. The standard InChI is InChI=1S/C22H23N3O3S/c1-14-4-6-15(7-5-14)12-28-19-10-16(8-9-18(19)27-3)21-17-11-23-25(2)22(17)24-20(26)13-29-21/h4-11,21H,12-13H2,1-3H3,(H,24,26). The Bertz CT molecular complexity index is 1030. The lowest BCUT2D eigenvalue weighted by molar-refractivity contribution is -0.113. The van der Waals surface area contributed by atoms with Crippen LogP contribution < -0.4 is 14.8 Å². The van der Waals surface area contributed by atoms with Gasteiger partial charge in [-0.1, -0.05) is 35.9 Å². The molecular formula is C22H23N3O3S. The van der Waals surface area contributed by atoms with Crippen molar-refractivity contribution in [3.05, 3.63) is 70.9 Å². The van der Waals surface area contributed by atoms with E-state index in [4.69, 9.17) is 9.47 Å². The summed E-state index contributed by atoms with van der Waals surface area (Å²) in [5.74, 6) is 2.46. The Balaban J connectivity index is 1.64. The summed E-state index contributed by atoms with van der Waals surface area (Å²) in [6.45, 7) is 2.52. The number of fused-ring (bicyclic) bond motifs is 1. The number of aryl methyl sites for hydroxylation is 2. The van der Waals surface area contributed by atoms with Crippen molar-refractivity contribution in [1.82, 2.24) is 9.78 Å². The molecule has 1 unspecified atom stereocenters. The third-order valence-electron chi connectivity index (χ3n) is 4.89. The predicted octanol–water partition coefficient (Wildman–Crippen LogP) is 4.09. The fourth-order valence-electron chi connectivity index (χ4n) is 3.31. The van der Waals surface area contributed by atoms with Gasteiger partial charge in [0, 0.05) is 12.6 Å². The van der Waals surface area contributed by atoms with Gasteiger partial charge >= 0.3 is 0 Å². The number of nitrogens with zero attached hydrogens (tertiary/aromatic N) is 2. The zero-order valence-electron chi connectivity index (χ0n) is 16.6. The lowest BCUT2D eigenvalue weighted by atomic mass is 10.1. The van der Waals surface area contributed by atoms with Crippen molar-refractivity contribution in [1.29, 1.82) is 0 Å². The van der Waals surface area contributed by atoms with Gasteiger partial charge in [-0.2, -0.15) is 5.10 Å². The van der Waals surface area contributed by atoms with E-state index >= 15 is 0 Å². The van der Waals surface area contributed by atoms with Gasteiger partial charge in [0.2, 0.25) is 5.91 Å². The first-order valence-corrected chi connectivity index (χ1v) is 10.4. The SMILES string of the molecule is COc1ccc(C2SCC(=O)Nc3c2cnn3C)cc1OCc1ccc(C)cc1. The van der Waals surface area contributed by atoms with Crippen LogP contribution in [0.4, 0.5) is 5.82 Å². The molecule has 29 heavy (non-hydrogen) atoms.